The largest absolute Gasteiger partial charge is 0.480 e. The van der Waals surface area contributed by atoms with Crippen molar-refractivity contribution in [1.29, 1.82) is 0 Å². The molecule has 0 spiro atoms. The molecule has 3 amide bonds. The van der Waals surface area contributed by atoms with Crippen molar-refractivity contribution < 1.29 is 24.2 Å². The van der Waals surface area contributed by atoms with Crippen molar-refractivity contribution in [3.63, 3.8) is 0 Å². The summed E-state index contributed by atoms with van der Waals surface area (Å²) in [5, 5.41) is 13.3. The quantitative estimate of drug-likeness (QED) is 0.776. The zero-order chi connectivity index (χ0) is 15.3. The molecule has 0 aromatic heterocycles. The van der Waals surface area contributed by atoms with E-state index in [1.165, 1.54) is 32.2 Å². The Morgan fingerprint density at radius 2 is 2.00 bits per heavy atom. The number of benzene rings is 1. The number of carbonyl (C=O) groups excluding carboxylic acids is 2. The van der Waals surface area contributed by atoms with Gasteiger partial charge in [0.25, 0.3) is 5.91 Å². The number of imide groups is 1. The maximum absolute atomic E-state index is 11.6. The third-order valence-electron chi connectivity index (χ3n) is 2.33. The molecule has 0 saturated heterocycles. The molecule has 3 N–H and O–H groups in total. The molecule has 0 fully saturated rings. The molecule has 0 bridgehead atoms. The number of carboxylic acid groups (broad SMARTS) is 1. The lowest BCUT2D eigenvalue weighted by Gasteiger charge is -2.16. The van der Waals surface area contributed by atoms with Crippen molar-refractivity contribution in [2.24, 2.45) is 0 Å². The standard InChI is InChI=1S/C12H13ClN2O5/c1-6(10(16)15-12(19)14-2)20-8-5-3-4-7(13)9(8)11(17)18/h3-6H,1-2H3,(H,17,18)(H2,14,15,16,19). The van der Waals surface area contributed by atoms with Crippen LogP contribution in [0.5, 0.6) is 5.75 Å². The Morgan fingerprint density at radius 1 is 1.35 bits per heavy atom. The van der Waals surface area contributed by atoms with Gasteiger partial charge in [0.15, 0.2) is 6.10 Å². The van der Waals surface area contributed by atoms with E-state index < -0.39 is 24.0 Å². The van der Waals surface area contributed by atoms with Crippen LogP contribution in [0.3, 0.4) is 0 Å². The lowest BCUT2D eigenvalue weighted by Crippen LogP contribution is -2.44. The third-order valence-corrected chi connectivity index (χ3v) is 2.64. The summed E-state index contributed by atoms with van der Waals surface area (Å²) < 4.78 is 5.24. The van der Waals surface area contributed by atoms with Crippen LogP contribution in [0.2, 0.25) is 5.02 Å². The van der Waals surface area contributed by atoms with Crippen LogP contribution >= 0.6 is 11.6 Å². The number of ether oxygens (including phenoxy) is 1. The lowest BCUT2D eigenvalue weighted by molar-refractivity contribution is -0.126. The van der Waals surface area contributed by atoms with E-state index in [-0.39, 0.29) is 16.3 Å². The second-order valence-corrected chi connectivity index (χ2v) is 4.15. The average Bonchev–Trinajstić information content (AvgIpc) is 2.37. The van der Waals surface area contributed by atoms with Crippen molar-refractivity contribution in [3.05, 3.63) is 28.8 Å². The summed E-state index contributed by atoms with van der Waals surface area (Å²) in [7, 11) is 1.35. The van der Waals surface area contributed by atoms with Gasteiger partial charge in [0.2, 0.25) is 0 Å². The van der Waals surface area contributed by atoms with Gasteiger partial charge in [0, 0.05) is 7.05 Å². The molecule has 0 radical (unpaired) electrons. The Kier molecular flexibility index (Phi) is 5.33. The predicted octanol–water partition coefficient (Wildman–Crippen LogP) is 1.26. The van der Waals surface area contributed by atoms with Crippen LogP contribution in [0.1, 0.15) is 17.3 Å². The van der Waals surface area contributed by atoms with Gasteiger partial charge in [-0.15, -0.1) is 0 Å². The summed E-state index contributed by atoms with van der Waals surface area (Å²) in [6.45, 7) is 1.38. The number of rotatable bonds is 4. The van der Waals surface area contributed by atoms with E-state index in [9.17, 15) is 14.4 Å². The van der Waals surface area contributed by atoms with E-state index in [4.69, 9.17) is 21.4 Å². The van der Waals surface area contributed by atoms with E-state index in [0.717, 1.165) is 0 Å². The fraction of sp³-hybridized carbons (Fsp3) is 0.250. The third kappa shape index (κ3) is 3.86. The van der Waals surface area contributed by atoms with E-state index in [2.05, 4.69) is 5.32 Å². The zero-order valence-electron chi connectivity index (χ0n) is 10.8. The molecule has 0 aliphatic heterocycles. The number of halogens is 1. The first-order valence-electron chi connectivity index (χ1n) is 5.57. The number of carboxylic acids is 1. The van der Waals surface area contributed by atoms with Gasteiger partial charge < -0.3 is 15.2 Å². The predicted molar refractivity (Wildman–Crippen MR) is 71.1 cm³/mol. The summed E-state index contributed by atoms with van der Waals surface area (Å²) in [4.78, 5) is 33.7. The molecule has 1 aromatic carbocycles. The monoisotopic (exact) mass is 300 g/mol. The Bertz CT molecular complexity index is 547. The van der Waals surface area contributed by atoms with Gasteiger partial charge in [-0.25, -0.2) is 9.59 Å². The summed E-state index contributed by atoms with van der Waals surface area (Å²) in [6, 6.07) is 3.58. The van der Waals surface area contributed by atoms with Crippen LogP contribution in [0.15, 0.2) is 18.2 Å². The van der Waals surface area contributed by atoms with Crippen LogP contribution in [0, 0.1) is 0 Å². The highest BCUT2D eigenvalue weighted by Gasteiger charge is 2.21. The highest BCUT2D eigenvalue weighted by molar-refractivity contribution is 6.33. The highest BCUT2D eigenvalue weighted by atomic mass is 35.5. The second-order valence-electron chi connectivity index (χ2n) is 3.75. The maximum Gasteiger partial charge on any atom is 0.341 e. The minimum Gasteiger partial charge on any atom is -0.480 e. The number of urea groups is 1. The molecule has 0 saturated carbocycles. The Morgan fingerprint density at radius 3 is 2.55 bits per heavy atom. The van der Waals surface area contributed by atoms with E-state index in [1.54, 1.807) is 0 Å². The molecule has 1 rings (SSSR count). The summed E-state index contributed by atoms with van der Waals surface area (Å²) in [5.74, 6) is -2.03. The van der Waals surface area contributed by atoms with E-state index >= 15 is 0 Å². The summed E-state index contributed by atoms with van der Waals surface area (Å²) in [5.41, 5.74) is -0.242. The molecular formula is C12H13ClN2O5. The van der Waals surface area contributed by atoms with Crippen LogP contribution in [-0.2, 0) is 4.79 Å². The first-order valence-corrected chi connectivity index (χ1v) is 5.95. The fourth-order valence-corrected chi connectivity index (χ4v) is 1.58. The highest BCUT2D eigenvalue weighted by Crippen LogP contribution is 2.27. The van der Waals surface area contributed by atoms with Gasteiger partial charge in [-0.3, -0.25) is 10.1 Å². The van der Waals surface area contributed by atoms with Gasteiger partial charge >= 0.3 is 12.0 Å². The van der Waals surface area contributed by atoms with Gasteiger partial charge in [-0.05, 0) is 19.1 Å². The van der Waals surface area contributed by atoms with Gasteiger partial charge in [0.1, 0.15) is 11.3 Å². The smallest absolute Gasteiger partial charge is 0.341 e. The second kappa shape index (κ2) is 6.76. The van der Waals surface area contributed by atoms with E-state index in [1.807, 2.05) is 5.32 Å². The number of amides is 3. The van der Waals surface area contributed by atoms with Crippen molar-refractivity contribution in [1.82, 2.24) is 10.6 Å². The molecule has 8 heteroatoms. The van der Waals surface area contributed by atoms with Crippen molar-refractivity contribution in [3.8, 4) is 5.75 Å². The molecule has 7 nitrogen and oxygen atoms in total. The molecule has 0 aliphatic rings. The molecule has 1 unspecified atom stereocenters. The molecule has 20 heavy (non-hydrogen) atoms. The van der Waals surface area contributed by atoms with Gasteiger partial charge in [-0.1, -0.05) is 17.7 Å². The molecular weight excluding hydrogens is 288 g/mol. The molecule has 1 aromatic rings. The molecule has 108 valence electrons. The van der Waals surface area contributed by atoms with Crippen LogP contribution in [0.4, 0.5) is 4.79 Å². The van der Waals surface area contributed by atoms with Crippen LogP contribution in [-0.4, -0.2) is 36.2 Å². The van der Waals surface area contributed by atoms with Crippen molar-refractivity contribution in [2.75, 3.05) is 7.05 Å². The number of hydrogen-bond donors (Lipinski definition) is 3. The van der Waals surface area contributed by atoms with E-state index in [0.29, 0.717) is 0 Å². The fourth-order valence-electron chi connectivity index (χ4n) is 1.33. The van der Waals surface area contributed by atoms with Crippen molar-refractivity contribution in [2.45, 2.75) is 13.0 Å². The van der Waals surface area contributed by atoms with Crippen LogP contribution < -0.4 is 15.4 Å². The van der Waals surface area contributed by atoms with Crippen LogP contribution in [0.25, 0.3) is 0 Å². The first-order chi connectivity index (χ1) is 9.36. The maximum atomic E-state index is 11.6. The SMILES string of the molecule is CNC(=O)NC(=O)C(C)Oc1cccc(Cl)c1C(=O)O. The minimum atomic E-state index is -1.27. The number of hydrogen-bond acceptors (Lipinski definition) is 4. The molecule has 1 atom stereocenters. The minimum absolute atomic E-state index is 0.00564. The Hall–Kier alpha value is -2.28. The lowest BCUT2D eigenvalue weighted by atomic mass is 10.2. The Balaban J connectivity index is 2.88. The molecule has 0 heterocycles. The first kappa shape index (κ1) is 15.8. The Labute approximate surface area is 119 Å². The van der Waals surface area contributed by atoms with Gasteiger partial charge in [0.05, 0.1) is 5.02 Å². The van der Waals surface area contributed by atoms with Gasteiger partial charge in [-0.2, -0.15) is 0 Å². The number of nitrogens with one attached hydrogen (secondary N) is 2. The van der Waals surface area contributed by atoms with Crippen molar-refractivity contribution >= 4 is 29.5 Å². The zero-order valence-corrected chi connectivity index (χ0v) is 11.5. The number of carbonyl (C=O) groups is 3. The average molecular weight is 301 g/mol. The topological polar surface area (TPSA) is 105 Å². The molecule has 0 aliphatic carbocycles. The normalized spacial score (nSPS) is 11.3. The number of aromatic carboxylic acids is 1. The summed E-state index contributed by atoms with van der Waals surface area (Å²) in [6.07, 6.45) is -1.07. The summed E-state index contributed by atoms with van der Waals surface area (Å²) >= 11 is 5.77.